The van der Waals surface area contributed by atoms with Crippen LogP contribution in [-0.4, -0.2) is 106 Å². The number of hydrogen-bond donors (Lipinski definition) is 2. The molecule has 4 saturated heterocycles. The molecule has 12 nitrogen and oxygen atoms in total. The maximum atomic E-state index is 12.3. The molecule has 6 rings (SSSR count). The molecule has 0 aromatic carbocycles. The second kappa shape index (κ2) is 15.1. The quantitative estimate of drug-likeness (QED) is 0.0762. The van der Waals surface area contributed by atoms with E-state index in [1.165, 1.54) is 9.80 Å². The van der Waals surface area contributed by atoms with Crippen LogP contribution in [0.1, 0.15) is 97.3 Å². The van der Waals surface area contributed by atoms with Crippen LogP contribution in [0.25, 0.3) is 0 Å². The van der Waals surface area contributed by atoms with Gasteiger partial charge in [0.1, 0.15) is 24.4 Å². The molecule has 4 heterocycles. The summed E-state index contributed by atoms with van der Waals surface area (Å²) in [6.07, 6.45) is 11.3. The minimum absolute atomic E-state index is 0.114. The number of amides is 2. The number of epoxide rings is 2. The largest absolute Gasteiger partial charge is 0.465 e. The fraction of sp³-hybridized carbons (Fsp3) is 0.692. The van der Waals surface area contributed by atoms with Gasteiger partial charge in [0.25, 0.3) is 0 Å². The van der Waals surface area contributed by atoms with E-state index < -0.39 is 12.2 Å². The molecule has 51 heavy (non-hydrogen) atoms. The summed E-state index contributed by atoms with van der Waals surface area (Å²) in [7, 11) is 0. The average molecular weight is 711 g/mol. The number of carbonyl (C=O) groups excluding carboxylic acids is 2. The molecule has 2 N–H and O–H groups in total. The second-order valence-corrected chi connectivity index (χ2v) is 15.8. The highest BCUT2D eigenvalue weighted by atomic mass is 16.7. The third kappa shape index (κ3) is 8.38. The van der Waals surface area contributed by atoms with Crippen LogP contribution < -0.4 is 0 Å². The van der Waals surface area contributed by atoms with Gasteiger partial charge < -0.3 is 39.0 Å². The van der Waals surface area contributed by atoms with Crippen molar-refractivity contribution in [2.45, 2.75) is 133 Å². The van der Waals surface area contributed by atoms with Gasteiger partial charge in [0.05, 0.1) is 11.2 Å². The van der Waals surface area contributed by atoms with E-state index >= 15 is 0 Å². The van der Waals surface area contributed by atoms with E-state index in [1.807, 2.05) is 13.8 Å². The van der Waals surface area contributed by atoms with Gasteiger partial charge >= 0.3 is 24.1 Å². The molecule has 0 radical (unpaired) electrons. The SMILES string of the molecule is C=C1C(=O)O[C@H]2[C@H]1CC/C(CN(CCCCCCCN(C/C1=C/CC[C@@]3(C)O[C@H]3[C@H]3OC(=O)C(=C)[C@@H]3CC1)C(=O)O)C(=O)O)=C\CC[C@@]1(C)O[C@@H]21. The van der Waals surface area contributed by atoms with Gasteiger partial charge in [-0.2, -0.15) is 0 Å². The Morgan fingerprint density at radius 1 is 0.725 bits per heavy atom. The Balaban J connectivity index is 0.932. The summed E-state index contributed by atoms with van der Waals surface area (Å²) >= 11 is 0. The van der Waals surface area contributed by atoms with Crippen molar-refractivity contribution < 1.29 is 48.3 Å². The summed E-state index contributed by atoms with van der Waals surface area (Å²) in [5.41, 5.74) is 2.36. The molecule has 2 aliphatic carbocycles. The summed E-state index contributed by atoms with van der Waals surface area (Å²) in [5.74, 6) is -0.983. The van der Waals surface area contributed by atoms with Gasteiger partial charge in [0.15, 0.2) is 0 Å². The maximum absolute atomic E-state index is 12.3. The summed E-state index contributed by atoms with van der Waals surface area (Å²) in [5, 5.41) is 20.0. The predicted octanol–water partition coefficient (Wildman–Crippen LogP) is 6.41. The zero-order valence-electron chi connectivity index (χ0n) is 30.1. The standard InChI is InChI=1S/C39H54N2O10/c1-24-28-16-14-26(12-10-18-38(3)32(50-38)30(28)48-34(24)42)22-40(36(44)45)20-8-6-5-7-9-21-41(37(46)47)23-27-13-11-19-39(4)33(51-39)31-29(17-15-27)25(2)35(43)49-31/h12-13,28-33H,1-2,5-11,14-23H2,3-4H3,(H,44,45)(H,46,47)/b26-12+,27-13+/t28-,29-,30-,31-,32-,33-,38+,39+/m0/s1. The number of nitrogens with zero attached hydrogens (tertiary/aromatic N) is 2. The molecule has 4 aliphatic heterocycles. The molecule has 0 aromatic heterocycles. The van der Waals surface area contributed by atoms with Crippen molar-refractivity contribution in [3.63, 3.8) is 0 Å². The Kier molecular flexibility index (Phi) is 11.0. The van der Waals surface area contributed by atoms with Crippen molar-refractivity contribution in [3.8, 4) is 0 Å². The Labute approximate surface area is 300 Å². The van der Waals surface area contributed by atoms with E-state index in [1.54, 1.807) is 0 Å². The van der Waals surface area contributed by atoms with Crippen molar-refractivity contribution >= 4 is 24.1 Å². The molecule has 0 bridgehead atoms. The lowest BCUT2D eigenvalue weighted by Crippen LogP contribution is -2.33. The van der Waals surface area contributed by atoms with Crippen LogP contribution in [0.2, 0.25) is 0 Å². The maximum Gasteiger partial charge on any atom is 0.407 e. The first-order valence-corrected chi connectivity index (χ1v) is 18.8. The lowest BCUT2D eigenvalue weighted by atomic mass is 9.84. The number of carboxylic acid groups (broad SMARTS) is 2. The van der Waals surface area contributed by atoms with Gasteiger partial charge in [-0.15, -0.1) is 0 Å². The number of fused-ring (bicyclic) bond motifs is 6. The molecule has 0 spiro atoms. The smallest absolute Gasteiger partial charge is 0.407 e. The zero-order chi connectivity index (χ0) is 36.5. The molecule has 8 atom stereocenters. The van der Waals surface area contributed by atoms with E-state index in [0.29, 0.717) is 63.0 Å². The van der Waals surface area contributed by atoms with E-state index in [2.05, 4.69) is 25.3 Å². The molecule has 0 saturated carbocycles. The number of rotatable bonds is 12. The summed E-state index contributed by atoms with van der Waals surface area (Å²) in [6.45, 7) is 13.5. The van der Waals surface area contributed by atoms with Crippen LogP contribution in [0.15, 0.2) is 47.6 Å². The molecular weight excluding hydrogens is 656 g/mol. The number of esters is 2. The van der Waals surface area contributed by atoms with Gasteiger partial charge in [-0.25, -0.2) is 19.2 Å². The third-order valence-electron chi connectivity index (χ3n) is 12.1. The van der Waals surface area contributed by atoms with Gasteiger partial charge in [0, 0.05) is 49.2 Å². The highest BCUT2D eigenvalue weighted by Gasteiger charge is 2.62. The minimum Gasteiger partial charge on any atom is -0.465 e. The fourth-order valence-corrected chi connectivity index (χ4v) is 8.64. The Morgan fingerprint density at radius 3 is 1.51 bits per heavy atom. The first-order chi connectivity index (χ1) is 24.3. The van der Waals surface area contributed by atoms with E-state index in [9.17, 15) is 29.4 Å². The molecule has 6 aliphatic rings. The highest BCUT2D eigenvalue weighted by Crippen LogP contribution is 2.51. The number of carbonyl (C=O) groups is 4. The highest BCUT2D eigenvalue weighted by molar-refractivity contribution is 5.91. The summed E-state index contributed by atoms with van der Waals surface area (Å²) < 4.78 is 23.3. The summed E-state index contributed by atoms with van der Waals surface area (Å²) in [6, 6.07) is 0. The molecular formula is C39H54N2O10. The number of ether oxygens (including phenoxy) is 4. The van der Waals surface area contributed by atoms with Crippen molar-refractivity contribution in [2.24, 2.45) is 11.8 Å². The second-order valence-electron chi connectivity index (χ2n) is 15.8. The van der Waals surface area contributed by atoms with E-state index in [-0.39, 0.29) is 59.4 Å². The minimum atomic E-state index is -0.954. The third-order valence-corrected chi connectivity index (χ3v) is 12.1. The van der Waals surface area contributed by atoms with E-state index in [0.717, 1.165) is 68.9 Å². The Bertz CT molecular complexity index is 1380. The Hall–Kier alpha value is -3.64. The Morgan fingerprint density at radius 2 is 1.12 bits per heavy atom. The van der Waals surface area contributed by atoms with Gasteiger partial charge in [-0.3, -0.25) is 0 Å². The van der Waals surface area contributed by atoms with Gasteiger partial charge in [-0.1, -0.05) is 55.7 Å². The normalized spacial score (nSPS) is 36.4. The number of unbranched alkanes of at least 4 members (excludes halogenated alkanes) is 4. The van der Waals surface area contributed by atoms with Crippen molar-refractivity contribution in [3.05, 3.63) is 47.6 Å². The van der Waals surface area contributed by atoms with Crippen LogP contribution in [0.4, 0.5) is 9.59 Å². The molecule has 2 amide bonds. The number of allylic oxidation sites excluding steroid dienone is 2. The lowest BCUT2D eigenvalue weighted by molar-refractivity contribution is -0.140. The van der Waals surface area contributed by atoms with Crippen LogP contribution in [-0.2, 0) is 28.5 Å². The van der Waals surface area contributed by atoms with Crippen LogP contribution >= 0.6 is 0 Å². The molecule has 12 heteroatoms. The van der Waals surface area contributed by atoms with Gasteiger partial charge in [0.2, 0.25) is 0 Å². The monoisotopic (exact) mass is 710 g/mol. The first kappa shape index (κ1) is 37.1. The van der Waals surface area contributed by atoms with E-state index in [4.69, 9.17) is 18.9 Å². The van der Waals surface area contributed by atoms with Crippen molar-refractivity contribution in [1.82, 2.24) is 9.80 Å². The van der Waals surface area contributed by atoms with Gasteiger partial charge in [-0.05, 0) is 78.1 Å². The summed E-state index contributed by atoms with van der Waals surface area (Å²) in [4.78, 5) is 51.9. The predicted molar refractivity (Wildman–Crippen MR) is 187 cm³/mol. The topological polar surface area (TPSA) is 159 Å². The molecule has 0 unspecified atom stereocenters. The van der Waals surface area contributed by atoms with Crippen LogP contribution in [0.3, 0.4) is 0 Å². The van der Waals surface area contributed by atoms with Crippen molar-refractivity contribution in [2.75, 3.05) is 26.2 Å². The first-order valence-electron chi connectivity index (χ1n) is 18.8. The lowest BCUT2D eigenvalue weighted by Gasteiger charge is -2.24. The van der Waals surface area contributed by atoms with Crippen molar-refractivity contribution in [1.29, 1.82) is 0 Å². The zero-order valence-corrected chi connectivity index (χ0v) is 30.1. The molecule has 280 valence electrons. The van der Waals surface area contributed by atoms with Crippen LogP contribution in [0, 0.1) is 11.8 Å². The number of hydrogen-bond acceptors (Lipinski definition) is 8. The fourth-order valence-electron chi connectivity index (χ4n) is 8.64. The molecule has 0 aromatic rings. The molecule has 4 fully saturated rings. The average Bonchev–Trinajstić information content (AvgIpc) is 3.89. The van der Waals surface area contributed by atoms with Crippen LogP contribution in [0.5, 0.6) is 0 Å².